The molecule has 0 saturated heterocycles. The van der Waals surface area contributed by atoms with Crippen LogP contribution in [0, 0.1) is 0 Å². The lowest BCUT2D eigenvalue weighted by Gasteiger charge is -2.29. The lowest BCUT2D eigenvalue weighted by atomic mass is 10.0. The minimum Gasteiger partial charge on any atom is -0.464 e. The monoisotopic (exact) mass is 349 g/mol. The van der Waals surface area contributed by atoms with Crippen molar-refractivity contribution in [2.45, 2.75) is 58.9 Å². The summed E-state index contributed by atoms with van der Waals surface area (Å²) in [4.78, 5) is 26.5. The van der Waals surface area contributed by atoms with Gasteiger partial charge in [0.25, 0.3) is 0 Å². The van der Waals surface area contributed by atoms with E-state index in [9.17, 15) is 9.59 Å². The number of amides is 1. The molecule has 140 valence electrons. The molecular weight excluding hydrogens is 318 g/mol. The number of unbranched alkanes of at least 4 members (excludes halogenated alkanes) is 3. The molecule has 1 aromatic carbocycles. The number of carbonyl (C=O) groups is 2. The average Bonchev–Trinajstić information content (AvgIpc) is 2.61. The van der Waals surface area contributed by atoms with Crippen LogP contribution in [0.4, 0.5) is 4.79 Å². The molecule has 0 spiro atoms. The standard InChI is InChI=1S/C20H31NO4/c1-4-7-8-12-15-21(20(23)25-6-3)18(19(22)24-5-2)16-17-13-10-9-11-14-17/h9-11,13-14,18H,4-8,12,15-16H2,1-3H3/t18-/m0/s1. The van der Waals surface area contributed by atoms with E-state index in [-0.39, 0.29) is 19.2 Å². The molecular formula is C20H31NO4. The van der Waals surface area contributed by atoms with E-state index in [0.29, 0.717) is 13.0 Å². The third-order valence-electron chi connectivity index (χ3n) is 3.96. The number of hydrogen-bond donors (Lipinski definition) is 0. The summed E-state index contributed by atoms with van der Waals surface area (Å²) in [6.07, 6.45) is 4.06. The highest BCUT2D eigenvalue weighted by molar-refractivity contribution is 5.81. The fraction of sp³-hybridized carbons (Fsp3) is 0.600. The first-order valence-electron chi connectivity index (χ1n) is 9.27. The Morgan fingerprint density at radius 1 is 0.960 bits per heavy atom. The molecule has 0 saturated carbocycles. The van der Waals surface area contributed by atoms with Crippen LogP contribution < -0.4 is 0 Å². The first kappa shape index (κ1) is 21.0. The number of nitrogens with zero attached hydrogens (tertiary/aromatic N) is 1. The smallest absolute Gasteiger partial charge is 0.410 e. The van der Waals surface area contributed by atoms with E-state index in [4.69, 9.17) is 9.47 Å². The molecule has 5 nitrogen and oxygen atoms in total. The Hall–Kier alpha value is -2.04. The summed E-state index contributed by atoms with van der Waals surface area (Å²) in [6.45, 7) is 6.74. The number of carbonyl (C=O) groups excluding carboxylic acids is 2. The minimum absolute atomic E-state index is 0.283. The van der Waals surface area contributed by atoms with Gasteiger partial charge in [-0.2, -0.15) is 0 Å². The van der Waals surface area contributed by atoms with Crippen molar-refractivity contribution < 1.29 is 19.1 Å². The van der Waals surface area contributed by atoms with Gasteiger partial charge >= 0.3 is 12.1 Å². The zero-order valence-corrected chi connectivity index (χ0v) is 15.7. The fourth-order valence-corrected chi connectivity index (χ4v) is 2.69. The Kier molecular flexibility index (Phi) is 10.4. The van der Waals surface area contributed by atoms with Crippen molar-refractivity contribution in [1.82, 2.24) is 4.90 Å². The maximum Gasteiger partial charge on any atom is 0.410 e. The van der Waals surface area contributed by atoms with E-state index in [1.165, 1.54) is 4.90 Å². The van der Waals surface area contributed by atoms with Gasteiger partial charge in [-0.25, -0.2) is 9.59 Å². The van der Waals surface area contributed by atoms with Crippen molar-refractivity contribution in [3.8, 4) is 0 Å². The molecule has 0 aromatic heterocycles. The molecule has 1 aromatic rings. The Bertz CT molecular complexity index is 504. The van der Waals surface area contributed by atoms with Crippen LogP contribution in [0.15, 0.2) is 30.3 Å². The van der Waals surface area contributed by atoms with E-state index < -0.39 is 12.1 Å². The normalized spacial score (nSPS) is 11.6. The van der Waals surface area contributed by atoms with E-state index >= 15 is 0 Å². The van der Waals surface area contributed by atoms with Gasteiger partial charge in [0.15, 0.2) is 0 Å². The molecule has 0 aliphatic carbocycles. The Morgan fingerprint density at radius 3 is 2.24 bits per heavy atom. The lowest BCUT2D eigenvalue weighted by Crippen LogP contribution is -2.48. The largest absolute Gasteiger partial charge is 0.464 e. The average molecular weight is 349 g/mol. The van der Waals surface area contributed by atoms with E-state index in [1.54, 1.807) is 13.8 Å². The zero-order valence-electron chi connectivity index (χ0n) is 15.7. The molecule has 1 rings (SSSR count). The maximum atomic E-state index is 12.5. The molecule has 0 heterocycles. The van der Waals surface area contributed by atoms with Gasteiger partial charge in [-0.3, -0.25) is 4.90 Å². The first-order chi connectivity index (χ1) is 12.1. The molecule has 0 fully saturated rings. The van der Waals surface area contributed by atoms with Gasteiger partial charge in [0.1, 0.15) is 6.04 Å². The van der Waals surface area contributed by atoms with E-state index in [1.807, 2.05) is 30.3 Å². The second-order valence-electron chi connectivity index (χ2n) is 5.91. The number of esters is 1. The summed E-state index contributed by atoms with van der Waals surface area (Å²) in [7, 11) is 0. The summed E-state index contributed by atoms with van der Waals surface area (Å²) in [5, 5.41) is 0. The second-order valence-corrected chi connectivity index (χ2v) is 5.91. The summed E-state index contributed by atoms with van der Waals surface area (Å²) in [5.41, 5.74) is 0.989. The van der Waals surface area contributed by atoms with Gasteiger partial charge in [0.05, 0.1) is 13.2 Å². The first-order valence-corrected chi connectivity index (χ1v) is 9.27. The highest BCUT2D eigenvalue weighted by Crippen LogP contribution is 2.14. The Morgan fingerprint density at radius 2 is 1.64 bits per heavy atom. The molecule has 0 aliphatic rings. The molecule has 1 atom stereocenters. The van der Waals surface area contributed by atoms with Crippen LogP contribution in [0.2, 0.25) is 0 Å². The summed E-state index contributed by atoms with van der Waals surface area (Å²) >= 11 is 0. The maximum absolute atomic E-state index is 12.5. The number of benzene rings is 1. The number of ether oxygens (including phenoxy) is 2. The van der Waals surface area contributed by atoms with Crippen molar-refractivity contribution in [2.75, 3.05) is 19.8 Å². The van der Waals surface area contributed by atoms with E-state index in [0.717, 1.165) is 31.2 Å². The van der Waals surface area contributed by atoms with Crippen LogP contribution in [0.3, 0.4) is 0 Å². The molecule has 0 bridgehead atoms. The molecule has 5 heteroatoms. The van der Waals surface area contributed by atoms with Gasteiger partial charge in [-0.05, 0) is 25.8 Å². The minimum atomic E-state index is -0.664. The Labute approximate surface area is 151 Å². The highest BCUT2D eigenvalue weighted by Gasteiger charge is 2.31. The molecule has 1 amide bonds. The lowest BCUT2D eigenvalue weighted by molar-refractivity contribution is -0.149. The quantitative estimate of drug-likeness (QED) is 0.444. The fourth-order valence-electron chi connectivity index (χ4n) is 2.69. The highest BCUT2D eigenvalue weighted by atomic mass is 16.6. The van der Waals surface area contributed by atoms with Gasteiger partial charge in [0, 0.05) is 13.0 Å². The van der Waals surface area contributed by atoms with E-state index in [2.05, 4.69) is 6.92 Å². The third kappa shape index (κ3) is 7.59. The topological polar surface area (TPSA) is 55.8 Å². The summed E-state index contributed by atoms with van der Waals surface area (Å²) in [6, 6.07) is 9.01. The van der Waals surface area contributed by atoms with Crippen LogP contribution in [0.1, 0.15) is 52.0 Å². The van der Waals surface area contributed by atoms with Crippen LogP contribution in [0.25, 0.3) is 0 Å². The van der Waals surface area contributed by atoms with Crippen LogP contribution in [0.5, 0.6) is 0 Å². The SMILES string of the molecule is CCCCCCN(C(=O)OCC)[C@@H](Cc1ccccc1)C(=O)OCC. The van der Waals surface area contributed by atoms with Crippen LogP contribution in [-0.4, -0.2) is 42.8 Å². The predicted molar refractivity (Wildman–Crippen MR) is 98.4 cm³/mol. The summed E-state index contributed by atoms with van der Waals surface area (Å²) in [5.74, 6) is -0.380. The summed E-state index contributed by atoms with van der Waals surface area (Å²) < 4.78 is 10.4. The van der Waals surface area contributed by atoms with Crippen LogP contribution >= 0.6 is 0 Å². The zero-order chi connectivity index (χ0) is 18.5. The van der Waals surface area contributed by atoms with Crippen molar-refractivity contribution in [3.05, 3.63) is 35.9 Å². The van der Waals surface area contributed by atoms with Crippen molar-refractivity contribution in [3.63, 3.8) is 0 Å². The van der Waals surface area contributed by atoms with Gasteiger partial charge in [0.2, 0.25) is 0 Å². The van der Waals surface area contributed by atoms with Crippen molar-refractivity contribution in [2.24, 2.45) is 0 Å². The van der Waals surface area contributed by atoms with Crippen LogP contribution in [-0.2, 0) is 20.7 Å². The predicted octanol–water partition coefficient (Wildman–Crippen LogP) is 4.20. The molecule has 0 aliphatic heterocycles. The van der Waals surface area contributed by atoms with Gasteiger partial charge < -0.3 is 9.47 Å². The van der Waals surface area contributed by atoms with Crippen molar-refractivity contribution >= 4 is 12.1 Å². The molecule has 0 radical (unpaired) electrons. The van der Waals surface area contributed by atoms with Gasteiger partial charge in [-0.1, -0.05) is 56.5 Å². The third-order valence-corrected chi connectivity index (χ3v) is 3.96. The molecule has 0 N–H and O–H groups in total. The molecule has 0 unspecified atom stereocenters. The van der Waals surface area contributed by atoms with Crippen molar-refractivity contribution in [1.29, 1.82) is 0 Å². The van der Waals surface area contributed by atoms with Gasteiger partial charge in [-0.15, -0.1) is 0 Å². The number of rotatable bonds is 11. The number of hydrogen-bond acceptors (Lipinski definition) is 4. The molecule has 25 heavy (non-hydrogen) atoms. The Balaban J connectivity index is 2.94. The second kappa shape index (κ2) is 12.3.